The number of aliphatic hydroxyl groups is 1. The van der Waals surface area contributed by atoms with Crippen molar-refractivity contribution in [2.24, 2.45) is 5.92 Å². The maximum atomic E-state index is 13.5. The van der Waals surface area contributed by atoms with Crippen molar-refractivity contribution in [1.82, 2.24) is 9.80 Å². The molecule has 1 aliphatic heterocycles. The minimum atomic E-state index is -4.49. The van der Waals surface area contributed by atoms with E-state index in [1.165, 1.54) is 24.1 Å². The van der Waals surface area contributed by atoms with Crippen molar-refractivity contribution in [3.8, 4) is 5.75 Å². The Balaban J connectivity index is 1.53. The largest absolute Gasteiger partial charge is 0.488 e. The van der Waals surface area contributed by atoms with Gasteiger partial charge in [0, 0.05) is 36.4 Å². The molecule has 0 saturated carbocycles. The van der Waals surface area contributed by atoms with E-state index in [4.69, 9.17) is 4.74 Å². The Bertz CT molecular complexity index is 1480. The van der Waals surface area contributed by atoms with Gasteiger partial charge in [-0.05, 0) is 55.0 Å². The van der Waals surface area contributed by atoms with Crippen LogP contribution in [0.1, 0.15) is 30.5 Å². The second kappa shape index (κ2) is 14.5. The van der Waals surface area contributed by atoms with E-state index in [9.17, 15) is 32.7 Å². The number of aliphatic hydroxyl groups excluding tert-OH is 1. The number of nitrogens with one attached hydrogen (secondary N) is 2. The lowest BCUT2D eigenvalue weighted by atomic mass is 10.0. The third-order valence-electron chi connectivity index (χ3n) is 7.67. The van der Waals surface area contributed by atoms with Gasteiger partial charge in [-0.2, -0.15) is 13.2 Å². The summed E-state index contributed by atoms with van der Waals surface area (Å²) in [6.07, 6.45) is -4.96. The zero-order valence-electron chi connectivity index (χ0n) is 25.3. The lowest BCUT2D eigenvalue weighted by molar-refractivity contribution is -0.137. The van der Waals surface area contributed by atoms with Gasteiger partial charge in [0.05, 0.1) is 37.6 Å². The smallest absolute Gasteiger partial charge is 0.416 e. The first-order chi connectivity index (χ1) is 21.3. The van der Waals surface area contributed by atoms with Gasteiger partial charge in [-0.3, -0.25) is 9.59 Å². The number of fused-ring (bicyclic) bond motifs is 1. The molecule has 0 unspecified atom stereocenters. The molecule has 3 aromatic carbocycles. The van der Waals surface area contributed by atoms with E-state index in [1.54, 1.807) is 30.0 Å². The minimum Gasteiger partial charge on any atom is -0.488 e. The first kappa shape index (κ1) is 33.3. The van der Waals surface area contributed by atoms with Gasteiger partial charge in [-0.1, -0.05) is 37.3 Å². The standard InChI is InChI=1S/C33H37F3N4O5/c1-21-18-40(22(2)20-41)31(43)17-24-16-27(37-30(42)15-23-7-5-4-6-8-23)13-14-28(24)45-29(21)19-39(3)32(44)38-26-11-9-25(10-12-26)33(34,35)36/h4-14,16,21-22,29,41H,15,17-20H2,1-3H3,(H,37,42)(H,38,44)/t21-,22+,29-/m1/s1. The number of benzene rings is 3. The molecule has 12 heteroatoms. The molecule has 3 N–H and O–H groups in total. The van der Waals surface area contributed by atoms with Crippen molar-refractivity contribution in [2.75, 3.05) is 37.4 Å². The molecule has 1 heterocycles. The maximum Gasteiger partial charge on any atom is 0.416 e. The van der Waals surface area contributed by atoms with Crippen molar-refractivity contribution in [1.29, 1.82) is 0 Å². The van der Waals surface area contributed by atoms with Crippen LogP contribution in [0, 0.1) is 5.92 Å². The molecule has 0 fully saturated rings. The van der Waals surface area contributed by atoms with Crippen LogP contribution < -0.4 is 15.4 Å². The summed E-state index contributed by atoms with van der Waals surface area (Å²) in [6, 6.07) is 17.4. The van der Waals surface area contributed by atoms with Crippen LogP contribution in [-0.4, -0.2) is 71.6 Å². The zero-order valence-corrected chi connectivity index (χ0v) is 25.3. The average Bonchev–Trinajstić information content (AvgIpc) is 3.04. The maximum absolute atomic E-state index is 13.5. The van der Waals surface area contributed by atoms with Crippen LogP contribution in [0.2, 0.25) is 0 Å². The van der Waals surface area contributed by atoms with E-state index in [0.29, 0.717) is 17.0 Å². The van der Waals surface area contributed by atoms with Crippen LogP contribution >= 0.6 is 0 Å². The molecule has 9 nitrogen and oxygen atoms in total. The highest BCUT2D eigenvalue weighted by molar-refractivity contribution is 5.93. The van der Waals surface area contributed by atoms with Gasteiger partial charge in [0.2, 0.25) is 11.8 Å². The van der Waals surface area contributed by atoms with Gasteiger partial charge in [0.25, 0.3) is 0 Å². The first-order valence-corrected chi connectivity index (χ1v) is 14.6. The molecule has 4 amide bonds. The highest BCUT2D eigenvalue weighted by Crippen LogP contribution is 2.31. The first-order valence-electron chi connectivity index (χ1n) is 14.6. The average molecular weight is 627 g/mol. The van der Waals surface area contributed by atoms with Gasteiger partial charge in [-0.25, -0.2) is 4.79 Å². The second-order valence-electron chi connectivity index (χ2n) is 11.3. The number of ether oxygens (including phenoxy) is 1. The van der Waals surface area contributed by atoms with Gasteiger partial charge in [0.1, 0.15) is 11.9 Å². The summed E-state index contributed by atoms with van der Waals surface area (Å²) in [5.74, 6) is -0.328. The monoisotopic (exact) mass is 626 g/mol. The van der Waals surface area contributed by atoms with Crippen LogP contribution in [0.25, 0.3) is 0 Å². The van der Waals surface area contributed by atoms with Crippen molar-refractivity contribution >= 4 is 29.2 Å². The molecule has 3 atom stereocenters. The Hall–Kier alpha value is -4.58. The quantitative estimate of drug-likeness (QED) is 0.319. The third kappa shape index (κ3) is 8.98. The Kier molecular flexibility index (Phi) is 10.7. The molecule has 0 aliphatic carbocycles. The van der Waals surface area contributed by atoms with Gasteiger partial charge in [0.15, 0.2) is 0 Å². The summed E-state index contributed by atoms with van der Waals surface area (Å²) in [5, 5.41) is 15.3. The summed E-state index contributed by atoms with van der Waals surface area (Å²) < 4.78 is 45.2. The SMILES string of the molecule is C[C@@H]1CN([C@@H](C)CO)C(=O)Cc2cc(NC(=O)Cc3ccccc3)ccc2O[C@@H]1CN(C)C(=O)Nc1ccc(C(F)(F)F)cc1. The molecule has 45 heavy (non-hydrogen) atoms. The predicted octanol–water partition coefficient (Wildman–Crippen LogP) is 5.20. The molecule has 3 aromatic rings. The second-order valence-corrected chi connectivity index (χ2v) is 11.3. The molecule has 4 rings (SSSR count). The number of hydrogen-bond acceptors (Lipinski definition) is 5. The molecule has 0 bridgehead atoms. The number of rotatable bonds is 8. The number of anilines is 2. The number of amides is 4. The normalized spacial score (nSPS) is 17.6. The minimum absolute atomic E-state index is 0.0360. The number of alkyl halides is 3. The number of carbonyl (C=O) groups is 3. The van der Waals surface area contributed by atoms with Crippen molar-refractivity contribution in [2.45, 2.75) is 45.0 Å². The molecule has 0 spiro atoms. The topological polar surface area (TPSA) is 111 Å². The van der Waals surface area contributed by atoms with E-state index in [-0.39, 0.29) is 56.0 Å². The van der Waals surface area contributed by atoms with Crippen LogP contribution in [0.15, 0.2) is 72.8 Å². The molecule has 0 aromatic heterocycles. The number of halogens is 3. The van der Waals surface area contributed by atoms with E-state index >= 15 is 0 Å². The molecular weight excluding hydrogens is 589 g/mol. The molecular formula is C33H37F3N4O5. The van der Waals surface area contributed by atoms with Crippen LogP contribution in [0.4, 0.5) is 29.3 Å². The van der Waals surface area contributed by atoms with Gasteiger partial charge < -0.3 is 30.3 Å². The van der Waals surface area contributed by atoms with Gasteiger partial charge >= 0.3 is 12.2 Å². The Morgan fingerprint density at radius 2 is 1.71 bits per heavy atom. The number of nitrogens with zero attached hydrogens (tertiary/aromatic N) is 2. The fraction of sp³-hybridized carbons (Fsp3) is 0.364. The van der Waals surface area contributed by atoms with Crippen LogP contribution in [-0.2, 0) is 28.6 Å². The third-order valence-corrected chi connectivity index (χ3v) is 7.67. The summed E-state index contributed by atoms with van der Waals surface area (Å²) >= 11 is 0. The Labute approximate surface area is 260 Å². The number of hydrogen-bond donors (Lipinski definition) is 3. The summed E-state index contributed by atoms with van der Waals surface area (Å²) in [6.45, 7) is 3.69. The lowest BCUT2D eigenvalue weighted by Crippen LogP contribution is -2.48. The lowest BCUT2D eigenvalue weighted by Gasteiger charge is -2.34. The number of carbonyl (C=O) groups excluding carboxylic acids is 3. The fourth-order valence-corrected chi connectivity index (χ4v) is 5.03. The molecule has 0 radical (unpaired) electrons. The number of likely N-dealkylation sites (N-methyl/N-ethyl adjacent to an activating group) is 1. The molecule has 1 aliphatic rings. The molecule has 240 valence electrons. The van der Waals surface area contributed by atoms with Crippen LogP contribution in [0.3, 0.4) is 0 Å². The van der Waals surface area contributed by atoms with Crippen molar-refractivity contribution in [3.05, 3.63) is 89.5 Å². The van der Waals surface area contributed by atoms with Gasteiger partial charge in [-0.15, -0.1) is 0 Å². The summed E-state index contributed by atoms with van der Waals surface area (Å²) in [7, 11) is 1.54. The highest BCUT2D eigenvalue weighted by atomic mass is 19.4. The summed E-state index contributed by atoms with van der Waals surface area (Å²) in [4.78, 5) is 42.1. The van der Waals surface area contributed by atoms with E-state index in [2.05, 4.69) is 10.6 Å². The van der Waals surface area contributed by atoms with E-state index < -0.39 is 29.9 Å². The van der Waals surface area contributed by atoms with Crippen LogP contribution in [0.5, 0.6) is 5.75 Å². The number of urea groups is 1. The Morgan fingerprint density at radius 1 is 1.04 bits per heavy atom. The highest BCUT2D eigenvalue weighted by Gasteiger charge is 2.32. The van der Waals surface area contributed by atoms with Crippen molar-refractivity contribution < 1.29 is 37.4 Å². The Morgan fingerprint density at radius 3 is 2.36 bits per heavy atom. The van der Waals surface area contributed by atoms with E-state index in [1.807, 2.05) is 37.3 Å². The fourth-order valence-electron chi connectivity index (χ4n) is 5.03. The predicted molar refractivity (Wildman–Crippen MR) is 164 cm³/mol. The zero-order chi connectivity index (χ0) is 32.7. The molecule has 0 saturated heterocycles. The van der Waals surface area contributed by atoms with E-state index in [0.717, 1.165) is 17.7 Å². The van der Waals surface area contributed by atoms with Crippen molar-refractivity contribution in [3.63, 3.8) is 0 Å². The summed E-state index contributed by atoms with van der Waals surface area (Å²) in [5.41, 5.74) is 1.25.